The van der Waals surface area contributed by atoms with Gasteiger partial charge in [-0.15, -0.1) is 0 Å². The summed E-state index contributed by atoms with van der Waals surface area (Å²) in [4.78, 5) is 6.82. The van der Waals surface area contributed by atoms with Gasteiger partial charge >= 0.3 is 0 Å². The molecule has 2 unspecified atom stereocenters. The lowest BCUT2D eigenvalue weighted by molar-refractivity contribution is -0.0712. The van der Waals surface area contributed by atoms with Crippen molar-refractivity contribution in [2.24, 2.45) is 4.99 Å². The predicted octanol–water partition coefficient (Wildman–Crippen LogP) is 3.28. The van der Waals surface area contributed by atoms with Crippen molar-refractivity contribution in [1.82, 2.24) is 4.90 Å². The molecule has 0 amide bonds. The number of rotatable bonds is 3. The first-order valence-electron chi connectivity index (χ1n) is 9.56. The van der Waals surface area contributed by atoms with E-state index < -0.39 is 15.8 Å². The minimum atomic E-state index is -3.67. The number of nitrogens with zero attached hydrogens (tertiary/aromatic N) is 2. The molecule has 0 aromatic heterocycles. The molecule has 4 rings (SSSR count). The minimum Gasteiger partial charge on any atom is -0.497 e. The third-order valence-corrected chi connectivity index (χ3v) is 6.28. The van der Waals surface area contributed by atoms with Gasteiger partial charge in [-0.1, -0.05) is 54.2 Å². The summed E-state index contributed by atoms with van der Waals surface area (Å²) in [5, 5.41) is 12.8. The Morgan fingerprint density at radius 1 is 1.13 bits per heavy atom. The van der Waals surface area contributed by atoms with Crippen molar-refractivity contribution >= 4 is 27.0 Å². The second-order valence-corrected chi connectivity index (χ2v) is 9.66. The van der Waals surface area contributed by atoms with Gasteiger partial charge in [0.2, 0.25) is 0 Å². The summed E-state index contributed by atoms with van der Waals surface area (Å²) in [6.45, 7) is 1.65. The van der Waals surface area contributed by atoms with Crippen molar-refractivity contribution in [3.05, 3.63) is 65.7 Å². The monoisotopic (exact) mass is 450 g/mol. The molecule has 0 spiro atoms. The number of ether oxygens (including phenoxy) is 1. The van der Waals surface area contributed by atoms with Gasteiger partial charge in [0.25, 0.3) is 10.1 Å². The molecule has 7 nitrogen and oxygen atoms in total. The summed E-state index contributed by atoms with van der Waals surface area (Å²) in [7, 11) is -2.01. The van der Waals surface area contributed by atoms with Crippen LogP contribution >= 0.6 is 11.8 Å². The summed E-state index contributed by atoms with van der Waals surface area (Å²) in [6.07, 6.45) is 2.82. The van der Waals surface area contributed by atoms with E-state index in [1.54, 1.807) is 18.9 Å². The lowest BCUT2D eigenvalue weighted by Crippen LogP contribution is -2.46. The van der Waals surface area contributed by atoms with Gasteiger partial charge in [-0.25, -0.2) is 0 Å². The first kappa shape index (κ1) is 22.6. The lowest BCUT2D eigenvalue weighted by Gasteiger charge is -2.38. The number of hydrogen-bond acceptors (Lipinski definition) is 7. The van der Waals surface area contributed by atoms with E-state index >= 15 is 0 Å². The topological polar surface area (TPSA) is 99.4 Å². The summed E-state index contributed by atoms with van der Waals surface area (Å²) in [5.41, 5.74) is 0.880. The molecule has 30 heavy (non-hydrogen) atoms. The normalized spacial score (nSPS) is 23.5. The Morgan fingerprint density at radius 3 is 2.37 bits per heavy atom. The van der Waals surface area contributed by atoms with E-state index in [0.29, 0.717) is 6.26 Å². The molecule has 1 fully saturated rings. The predicted molar refractivity (Wildman–Crippen MR) is 119 cm³/mol. The summed E-state index contributed by atoms with van der Waals surface area (Å²) in [6, 6.07) is 18.0. The van der Waals surface area contributed by atoms with Crippen LogP contribution in [0.4, 0.5) is 0 Å². The van der Waals surface area contributed by atoms with Crippen molar-refractivity contribution in [2.75, 3.05) is 26.5 Å². The maximum Gasteiger partial charge on any atom is 0.261 e. The molecule has 0 saturated carbocycles. The lowest BCUT2D eigenvalue weighted by atomic mass is 9.92. The number of methoxy groups -OCH3 is 1. The minimum absolute atomic E-state index is 0.112. The molecule has 162 valence electrons. The second-order valence-electron chi connectivity index (χ2n) is 7.12. The van der Waals surface area contributed by atoms with E-state index in [9.17, 15) is 13.5 Å². The molecular weight excluding hydrogens is 424 g/mol. The van der Waals surface area contributed by atoms with Crippen LogP contribution < -0.4 is 4.74 Å². The number of amidine groups is 1. The molecule has 0 aliphatic carbocycles. The SMILES string of the molecule is COc1ccc(C2(O)C(c3ccccc3)SC3=NCCCCN32)cc1.CS(=O)(=O)O. The van der Waals surface area contributed by atoms with Gasteiger partial charge in [-0.05, 0) is 30.5 Å². The van der Waals surface area contributed by atoms with Crippen molar-refractivity contribution in [1.29, 1.82) is 0 Å². The van der Waals surface area contributed by atoms with Gasteiger partial charge in [0.15, 0.2) is 10.9 Å². The largest absolute Gasteiger partial charge is 0.497 e. The molecule has 0 bridgehead atoms. The fourth-order valence-corrected chi connectivity index (χ4v) is 5.01. The summed E-state index contributed by atoms with van der Waals surface area (Å²) in [5.74, 6) is 0.791. The van der Waals surface area contributed by atoms with E-state index in [2.05, 4.69) is 17.0 Å². The van der Waals surface area contributed by atoms with E-state index in [1.807, 2.05) is 42.5 Å². The Hall–Kier alpha value is -2.07. The number of hydrogen-bond donors (Lipinski definition) is 2. The van der Waals surface area contributed by atoms with Gasteiger partial charge in [-0.2, -0.15) is 8.42 Å². The highest BCUT2D eigenvalue weighted by atomic mass is 32.2. The molecule has 2 atom stereocenters. The van der Waals surface area contributed by atoms with Gasteiger partial charge in [-0.3, -0.25) is 9.55 Å². The number of thioether (sulfide) groups is 1. The van der Waals surface area contributed by atoms with E-state index in [1.165, 1.54) is 0 Å². The van der Waals surface area contributed by atoms with Crippen LogP contribution in [0.5, 0.6) is 5.75 Å². The third-order valence-electron chi connectivity index (χ3n) is 4.89. The first-order valence-corrected chi connectivity index (χ1v) is 12.3. The molecule has 2 aliphatic heterocycles. The Kier molecular flexibility index (Phi) is 7.07. The highest BCUT2D eigenvalue weighted by Crippen LogP contribution is 2.54. The van der Waals surface area contributed by atoms with E-state index in [0.717, 1.165) is 48.0 Å². The molecule has 0 radical (unpaired) electrons. The molecule has 2 aliphatic rings. The van der Waals surface area contributed by atoms with E-state index in [-0.39, 0.29) is 5.25 Å². The van der Waals surface area contributed by atoms with Gasteiger partial charge in [0.1, 0.15) is 5.75 Å². The van der Waals surface area contributed by atoms with Gasteiger partial charge in [0.05, 0.1) is 18.6 Å². The summed E-state index contributed by atoms with van der Waals surface area (Å²) < 4.78 is 31.1. The van der Waals surface area contributed by atoms with Crippen LogP contribution in [0.25, 0.3) is 0 Å². The van der Waals surface area contributed by atoms with Crippen LogP contribution in [0.2, 0.25) is 0 Å². The molecule has 1 saturated heterocycles. The number of fused-ring (bicyclic) bond motifs is 1. The highest BCUT2D eigenvalue weighted by Gasteiger charge is 2.53. The van der Waals surface area contributed by atoms with Crippen LogP contribution in [0, 0.1) is 0 Å². The molecular formula is C21H26N2O5S2. The highest BCUT2D eigenvalue weighted by molar-refractivity contribution is 8.14. The zero-order valence-electron chi connectivity index (χ0n) is 16.9. The summed E-state index contributed by atoms with van der Waals surface area (Å²) >= 11 is 1.67. The molecule has 2 N–H and O–H groups in total. The van der Waals surface area contributed by atoms with Crippen LogP contribution in [-0.4, -0.2) is 54.6 Å². The molecule has 9 heteroatoms. The van der Waals surface area contributed by atoms with Crippen LogP contribution in [0.1, 0.15) is 29.2 Å². The number of aliphatic hydroxyl groups is 1. The zero-order chi connectivity index (χ0) is 21.8. The van der Waals surface area contributed by atoms with Gasteiger partial charge < -0.3 is 14.7 Å². The number of benzene rings is 2. The standard InChI is InChI=1S/C20H22N2O2S.CH4O3S/c1-24-17-11-9-16(10-12-17)20(23)18(15-7-3-2-4-8-15)25-19-21-13-5-6-14-22(19)20;1-5(2,3)4/h2-4,7-12,18,23H,5-6,13-14H2,1H3;1H3,(H,2,3,4). The average Bonchev–Trinajstić information content (AvgIpc) is 2.85. The quantitative estimate of drug-likeness (QED) is 0.692. The maximum atomic E-state index is 11.9. The van der Waals surface area contributed by atoms with Crippen molar-refractivity contribution < 1.29 is 22.8 Å². The smallest absolute Gasteiger partial charge is 0.261 e. The van der Waals surface area contributed by atoms with Crippen LogP contribution in [0.15, 0.2) is 59.6 Å². The fraction of sp³-hybridized carbons (Fsp3) is 0.381. The Bertz CT molecular complexity index is 972. The van der Waals surface area contributed by atoms with Crippen LogP contribution in [0.3, 0.4) is 0 Å². The maximum absolute atomic E-state index is 11.9. The Labute approximate surface area is 181 Å². The van der Waals surface area contributed by atoms with Crippen molar-refractivity contribution in [3.63, 3.8) is 0 Å². The molecule has 2 aromatic carbocycles. The zero-order valence-corrected chi connectivity index (χ0v) is 18.6. The second kappa shape index (κ2) is 9.38. The van der Waals surface area contributed by atoms with E-state index in [4.69, 9.17) is 14.3 Å². The van der Waals surface area contributed by atoms with Gasteiger partial charge in [0, 0.05) is 18.7 Å². The van der Waals surface area contributed by atoms with Crippen LogP contribution in [-0.2, 0) is 15.8 Å². The molecule has 2 aromatic rings. The first-order chi connectivity index (χ1) is 14.2. The molecule has 2 heterocycles. The van der Waals surface area contributed by atoms with Crippen molar-refractivity contribution in [2.45, 2.75) is 23.8 Å². The third kappa shape index (κ3) is 5.15. The number of aliphatic imine (C=N–C) groups is 1. The average molecular weight is 451 g/mol. The van der Waals surface area contributed by atoms with Crippen molar-refractivity contribution in [3.8, 4) is 5.75 Å². The fourth-order valence-electron chi connectivity index (χ4n) is 3.56. The Balaban J connectivity index is 0.000000461. The Morgan fingerprint density at radius 2 is 1.77 bits per heavy atom.